The zero-order valence-electron chi connectivity index (χ0n) is 21.2. The summed E-state index contributed by atoms with van der Waals surface area (Å²) in [5.74, 6) is -2.74. The minimum absolute atomic E-state index is 0.0798. The van der Waals surface area contributed by atoms with Crippen molar-refractivity contribution in [3.05, 3.63) is 104 Å². The topological polar surface area (TPSA) is 89.6 Å². The lowest BCUT2D eigenvalue weighted by Gasteiger charge is -2.17. The van der Waals surface area contributed by atoms with E-state index >= 15 is 0 Å². The highest BCUT2D eigenvalue weighted by molar-refractivity contribution is 6.31. The molecule has 0 unspecified atom stereocenters. The summed E-state index contributed by atoms with van der Waals surface area (Å²) in [4.78, 5) is 25.4. The predicted molar refractivity (Wildman–Crippen MR) is 140 cm³/mol. The highest BCUT2D eigenvalue weighted by Crippen LogP contribution is 2.27. The lowest BCUT2D eigenvalue weighted by Crippen LogP contribution is -2.24. The molecule has 3 rings (SSSR count). The number of aryl methyl sites for hydroxylation is 1. The van der Waals surface area contributed by atoms with Crippen molar-refractivity contribution in [3.8, 4) is 5.75 Å². The molecule has 0 aliphatic heterocycles. The molecule has 0 spiro atoms. The van der Waals surface area contributed by atoms with Crippen LogP contribution in [-0.2, 0) is 18.8 Å². The number of ether oxygens (including phenoxy) is 1. The Kier molecular flexibility index (Phi) is 8.90. The van der Waals surface area contributed by atoms with Crippen LogP contribution in [0.1, 0.15) is 43.5 Å². The third-order valence-corrected chi connectivity index (χ3v) is 5.72. The van der Waals surface area contributed by atoms with Gasteiger partial charge in [0.1, 0.15) is 40.3 Å². The van der Waals surface area contributed by atoms with Crippen LogP contribution in [0.5, 0.6) is 5.75 Å². The van der Waals surface area contributed by atoms with Crippen LogP contribution in [0.25, 0.3) is 5.70 Å². The molecular formula is C27H26ClF3N4O3. The molecule has 0 aromatic carbocycles. The zero-order chi connectivity index (χ0) is 28.2. The monoisotopic (exact) mass is 546 g/mol. The summed E-state index contributed by atoms with van der Waals surface area (Å²) in [7, 11) is 0. The Hall–Kier alpha value is -3.76. The number of hydrogen-bond acceptors (Lipinski definition) is 6. The van der Waals surface area contributed by atoms with Crippen molar-refractivity contribution in [2.24, 2.45) is 4.99 Å². The van der Waals surface area contributed by atoms with Crippen molar-refractivity contribution in [3.63, 3.8) is 0 Å². The highest BCUT2D eigenvalue weighted by atomic mass is 35.5. The van der Waals surface area contributed by atoms with Gasteiger partial charge in [-0.15, -0.1) is 0 Å². The number of aromatic nitrogens is 3. The summed E-state index contributed by atoms with van der Waals surface area (Å²) < 4.78 is 48.0. The molecule has 1 N–H and O–H groups in total. The molecule has 0 saturated heterocycles. The van der Waals surface area contributed by atoms with Crippen molar-refractivity contribution in [1.82, 2.24) is 14.5 Å². The van der Waals surface area contributed by atoms with Crippen molar-refractivity contribution in [1.29, 1.82) is 0 Å². The van der Waals surface area contributed by atoms with E-state index in [4.69, 9.17) is 16.3 Å². The Labute approximate surface area is 222 Å². The smallest absolute Gasteiger partial charge is 0.277 e. The molecule has 0 amide bonds. The quantitative estimate of drug-likeness (QED) is 0.276. The van der Waals surface area contributed by atoms with Gasteiger partial charge in [0.25, 0.3) is 5.56 Å². The van der Waals surface area contributed by atoms with Gasteiger partial charge in [-0.1, -0.05) is 24.2 Å². The minimum Gasteiger partial charge on any atom is -0.485 e. The van der Waals surface area contributed by atoms with Crippen LogP contribution in [0.15, 0.2) is 64.3 Å². The van der Waals surface area contributed by atoms with Crippen LogP contribution in [0.2, 0.25) is 5.02 Å². The van der Waals surface area contributed by atoms with E-state index in [1.165, 1.54) is 19.2 Å². The molecule has 0 radical (unpaired) electrons. The number of rotatable bonds is 9. The second kappa shape index (κ2) is 11.7. The lowest BCUT2D eigenvalue weighted by atomic mass is 10.0. The van der Waals surface area contributed by atoms with E-state index in [2.05, 4.69) is 21.5 Å². The molecule has 0 aliphatic rings. The Bertz CT molecular complexity index is 1490. The van der Waals surface area contributed by atoms with Gasteiger partial charge in [0, 0.05) is 24.0 Å². The minimum atomic E-state index is -1.12. The standard InChI is InChI=1S/C27H26ClF3N4O3/c1-15(11-32-13-19-7-6-8-23(34-19)27(4,5)37)25(17(3)29)35-16(2)9-22(24(28)26(35)36)38-14-21-20(31)10-18(30)12-33-21/h6-12,37H,3,13-14H2,1-2,4-5H3/b25-15+,32-11-. The maximum atomic E-state index is 14.6. The van der Waals surface area contributed by atoms with Crippen LogP contribution >= 0.6 is 11.6 Å². The normalized spacial score (nSPS) is 12.6. The van der Waals surface area contributed by atoms with Crippen LogP contribution in [0, 0.1) is 18.6 Å². The van der Waals surface area contributed by atoms with Gasteiger partial charge in [0.05, 0.1) is 29.8 Å². The number of aliphatic hydroxyl groups is 1. The van der Waals surface area contributed by atoms with E-state index in [-0.39, 0.29) is 40.0 Å². The van der Waals surface area contributed by atoms with E-state index in [0.717, 1.165) is 10.8 Å². The van der Waals surface area contributed by atoms with E-state index < -0.39 is 35.2 Å². The summed E-state index contributed by atoms with van der Waals surface area (Å²) in [6.45, 7) is 9.39. The fraction of sp³-hybridized carbons (Fsp3) is 0.259. The second-order valence-electron chi connectivity index (χ2n) is 8.95. The molecule has 0 fully saturated rings. The van der Waals surface area contributed by atoms with Gasteiger partial charge in [-0.2, -0.15) is 0 Å². The molecule has 38 heavy (non-hydrogen) atoms. The summed E-state index contributed by atoms with van der Waals surface area (Å²) in [5, 5.41) is 9.77. The molecule has 3 aromatic rings. The average Bonchev–Trinajstić information content (AvgIpc) is 2.83. The molecule has 11 heteroatoms. The van der Waals surface area contributed by atoms with E-state index in [1.54, 1.807) is 39.0 Å². The molecule has 7 nitrogen and oxygen atoms in total. The molecule has 3 heterocycles. The van der Waals surface area contributed by atoms with Gasteiger partial charge < -0.3 is 9.84 Å². The first-order chi connectivity index (χ1) is 17.8. The van der Waals surface area contributed by atoms with Crippen LogP contribution in [0.3, 0.4) is 0 Å². The summed E-state index contributed by atoms with van der Waals surface area (Å²) in [6, 6.07) is 7.22. The summed E-state index contributed by atoms with van der Waals surface area (Å²) >= 11 is 6.22. The van der Waals surface area contributed by atoms with Gasteiger partial charge in [0.15, 0.2) is 5.82 Å². The maximum absolute atomic E-state index is 14.6. The number of pyridine rings is 3. The predicted octanol–water partition coefficient (Wildman–Crippen LogP) is 5.67. The van der Waals surface area contributed by atoms with Crippen LogP contribution in [-0.4, -0.2) is 25.9 Å². The first-order valence-electron chi connectivity index (χ1n) is 11.4. The molecule has 200 valence electrons. The second-order valence-corrected chi connectivity index (χ2v) is 9.33. The van der Waals surface area contributed by atoms with Crippen molar-refractivity contribution >= 4 is 23.5 Å². The Morgan fingerprint density at radius 2 is 2.03 bits per heavy atom. The molecule has 0 aliphatic carbocycles. The van der Waals surface area contributed by atoms with Crippen molar-refractivity contribution < 1.29 is 23.0 Å². The fourth-order valence-electron chi connectivity index (χ4n) is 3.52. The largest absolute Gasteiger partial charge is 0.485 e. The fourth-order valence-corrected chi connectivity index (χ4v) is 3.71. The van der Waals surface area contributed by atoms with Gasteiger partial charge in [-0.3, -0.25) is 24.3 Å². The average molecular weight is 547 g/mol. The van der Waals surface area contributed by atoms with E-state index in [1.807, 2.05) is 0 Å². The first-order valence-corrected chi connectivity index (χ1v) is 11.8. The molecule has 0 saturated carbocycles. The van der Waals surface area contributed by atoms with Gasteiger partial charge in [0.2, 0.25) is 0 Å². The van der Waals surface area contributed by atoms with Crippen molar-refractivity contribution in [2.75, 3.05) is 0 Å². The summed E-state index contributed by atoms with van der Waals surface area (Å²) in [5.41, 5.74) is -0.661. The molecule has 0 bridgehead atoms. The number of aliphatic imine (C=N–C) groups is 1. The van der Waals surface area contributed by atoms with E-state index in [9.17, 15) is 23.1 Å². The first kappa shape index (κ1) is 28.8. The van der Waals surface area contributed by atoms with E-state index in [0.29, 0.717) is 17.5 Å². The number of hydrogen-bond donors (Lipinski definition) is 1. The Morgan fingerprint density at radius 3 is 2.66 bits per heavy atom. The van der Waals surface area contributed by atoms with Crippen LogP contribution < -0.4 is 10.3 Å². The van der Waals surface area contributed by atoms with Crippen molar-refractivity contribution in [2.45, 2.75) is 46.4 Å². The third-order valence-electron chi connectivity index (χ3n) is 5.37. The Balaban J connectivity index is 1.90. The third kappa shape index (κ3) is 6.76. The number of allylic oxidation sites excluding steroid dienone is 3. The SMILES string of the molecule is C=C(F)/C(=C(C)\C=N/Cc1cccc(C(C)(C)O)n1)n1c(C)cc(OCc2ncc(F)cc2F)c(Cl)c1=O. The molecular weight excluding hydrogens is 521 g/mol. The van der Waals surface area contributed by atoms with Crippen LogP contribution in [0.4, 0.5) is 13.2 Å². The zero-order valence-corrected chi connectivity index (χ0v) is 22.0. The van der Waals surface area contributed by atoms with Gasteiger partial charge in [-0.25, -0.2) is 13.2 Å². The number of nitrogens with zero attached hydrogens (tertiary/aromatic N) is 4. The maximum Gasteiger partial charge on any atom is 0.277 e. The molecule has 0 atom stereocenters. The van der Waals surface area contributed by atoms with Gasteiger partial charge in [-0.05, 0) is 45.4 Å². The summed E-state index contributed by atoms with van der Waals surface area (Å²) in [6.07, 6.45) is 2.22. The Morgan fingerprint density at radius 1 is 1.32 bits per heavy atom. The molecule has 3 aromatic heterocycles. The van der Waals surface area contributed by atoms with Gasteiger partial charge >= 0.3 is 0 Å². The lowest BCUT2D eigenvalue weighted by molar-refractivity contribution is 0.0736. The highest BCUT2D eigenvalue weighted by Gasteiger charge is 2.20. The number of halogens is 4.